The van der Waals surface area contributed by atoms with E-state index in [4.69, 9.17) is 5.73 Å². The molecule has 58 valence electrons. The molecular formula is C6H11NO2S. The van der Waals surface area contributed by atoms with Gasteiger partial charge in [0.2, 0.25) is 0 Å². The van der Waals surface area contributed by atoms with Crippen LogP contribution in [0.3, 0.4) is 0 Å². The molecule has 0 saturated heterocycles. The molecule has 0 heterocycles. The van der Waals surface area contributed by atoms with E-state index < -0.39 is 5.97 Å². The average Bonchev–Trinajstić information content (AvgIpc) is 2.00. The Morgan fingerprint density at radius 3 is 2.50 bits per heavy atom. The van der Waals surface area contributed by atoms with E-state index in [-0.39, 0.29) is 4.91 Å². The van der Waals surface area contributed by atoms with Gasteiger partial charge in [0, 0.05) is 5.70 Å². The molecule has 0 unspecified atom stereocenters. The predicted octanol–water partition coefficient (Wildman–Crippen LogP) is 0.670. The summed E-state index contributed by atoms with van der Waals surface area (Å²) < 4.78 is 4.38. The van der Waals surface area contributed by atoms with Crippen LogP contribution in [0.15, 0.2) is 10.6 Å². The SMILES string of the molecule is CC/C(N)=C(/S)C(=O)OC. The largest absolute Gasteiger partial charge is 0.465 e. The summed E-state index contributed by atoms with van der Waals surface area (Å²) in [6, 6.07) is 0. The molecule has 0 aromatic carbocycles. The normalized spacial score (nSPS) is 12.3. The zero-order valence-electron chi connectivity index (χ0n) is 6.05. The maximum atomic E-state index is 10.7. The van der Waals surface area contributed by atoms with Crippen LogP contribution >= 0.6 is 12.6 Å². The summed E-state index contributed by atoms with van der Waals surface area (Å²) in [5, 5.41) is 0. The summed E-state index contributed by atoms with van der Waals surface area (Å²) in [5.41, 5.74) is 5.85. The molecule has 2 N–H and O–H groups in total. The van der Waals surface area contributed by atoms with E-state index in [1.165, 1.54) is 7.11 Å². The van der Waals surface area contributed by atoms with Crippen LogP contribution in [0.2, 0.25) is 0 Å². The second-order valence-electron chi connectivity index (χ2n) is 1.72. The third-order valence-corrected chi connectivity index (χ3v) is 1.53. The molecule has 0 aromatic heterocycles. The minimum Gasteiger partial charge on any atom is -0.465 e. The highest BCUT2D eigenvalue weighted by Gasteiger charge is 2.06. The lowest BCUT2D eigenvalue weighted by atomic mass is 10.3. The number of rotatable bonds is 2. The van der Waals surface area contributed by atoms with Crippen molar-refractivity contribution in [3.8, 4) is 0 Å². The Bertz CT molecular complexity index is 165. The molecule has 4 heteroatoms. The Balaban J connectivity index is 4.30. The summed E-state index contributed by atoms with van der Waals surface area (Å²) in [5.74, 6) is -0.484. The fraction of sp³-hybridized carbons (Fsp3) is 0.500. The molecule has 3 nitrogen and oxygen atoms in total. The van der Waals surface area contributed by atoms with Crippen molar-refractivity contribution >= 4 is 18.6 Å². The topological polar surface area (TPSA) is 52.3 Å². The van der Waals surface area contributed by atoms with Gasteiger partial charge >= 0.3 is 5.97 Å². The molecular weight excluding hydrogens is 150 g/mol. The molecule has 0 aliphatic heterocycles. The van der Waals surface area contributed by atoms with Gasteiger partial charge in [-0.15, -0.1) is 12.6 Å². The van der Waals surface area contributed by atoms with Gasteiger partial charge in [0.1, 0.15) is 4.91 Å². The standard InChI is InChI=1S/C6H11NO2S/c1-3-4(7)5(10)6(8)9-2/h10H,3,7H2,1-2H3/b5-4-. The zero-order valence-corrected chi connectivity index (χ0v) is 6.94. The highest BCUT2D eigenvalue weighted by atomic mass is 32.1. The molecule has 0 rings (SSSR count). The lowest BCUT2D eigenvalue weighted by Crippen LogP contribution is -2.07. The number of thiol groups is 1. The van der Waals surface area contributed by atoms with Crippen molar-refractivity contribution in [2.45, 2.75) is 13.3 Å². The van der Waals surface area contributed by atoms with Crippen LogP contribution in [0.1, 0.15) is 13.3 Å². The quantitative estimate of drug-likeness (QED) is 0.355. The number of esters is 1. The number of carbonyl (C=O) groups is 1. The summed E-state index contributed by atoms with van der Waals surface area (Å²) in [6.45, 7) is 1.84. The minimum absolute atomic E-state index is 0.199. The summed E-state index contributed by atoms with van der Waals surface area (Å²) in [6.07, 6.45) is 0.605. The van der Waals surface area contributed by atoms with Crippen molar-refractivity contribution in [1.29, 1.82) is 0 Å². The van der Waals surface area contributed by atoms with Crippen molar-refractivity contribution in [1.82, 2.24) is 0 Å². The molecule has 0 fully saturated rings. The van der Waals surface area contributed by atoms with Crippen LogP contribution in [0, 0.1) is 0 Å². The van der Waals surface area contributed by atoms with Crippen molar-refractivity contribution < 1.29 is 9.53 Å². The Morgan fingerprint density at radius 2 is 2.20 bits per heavy atom. The fourth-order valence-electron chi connectivity index (χ4n) is 0.395. The van der Waals surface area contributed by atoms with Crippen molar-refractivity contribution in [3.63, 3.8) is 0 Å². The molecule has 0 aliphatic rings. The van der Waals surface area contributed by atoms with Gasteiger partial charge in [-0.3, -0.25) is 0 Å². The van der Waals surface area contributed by atoms with Crippen LogP contribution < -0.4 is 5.73 Å². The van der Waals surface area contributed by atoms with E-state index in [2.05, 4.69) is 17.4 Å². The van der Waals surface area contributed by atoms with Gasteiger partial charge in [0.05, 0.1) is 7.11 Å². The van der Waals surface area contributed by atoms with E-state index in [0.29, 0.717) is 12.1 Å². The summed E-state index contributed by atoms with van der Waals surface area (Å²) in [4.78, 5) is 10.9. The first kappa shape index (κ1) is 9.36. The van der Waals surface area contributed by atoms with Crippen molar-refractivity contribution in [3.05, 3.63) is 10.6 Å². The first-order valence-electron chi connectivity index (χ1n) is 2.89. The predicted molar refractivity (Wildman–Crippen MR) is 42.5 cm³/mol. The second-order valence-corrected chi connectivity index (χ2v) is 2.17. The van der Waals surface area contributed by atoms with Crippen LogP contribution in [0.25, 0.3) is 0 Å². The van der Waals surface area contributed by atoms with E-state index in [9.17, 15) is 4.79 Å². The molecule has 10 heavy (non-hydrogen) atoms. The highest BCUT2D eigenvalue weighted by Crippen LogP contribution is 2.08. The maximum Gasteiger partial charge on any atom is 0.345 e. The van der Waals surface area contributed by atoms with Gasteiger partial charge < -0.3 is 10.5 Å². The number of nitrogens with two attached hydrogens (primary N) is 1. The van der Waals surface area contributed by atoms with Gasteiger partial charge in [-0.1, -0.05) is 6.92 Å². The van der Waals surface area contributed by atoms with Crippen LogP contribution in [-0.2, 0) is 9.53 Å². The Labute approximate surface area is 65.6 Å². The zero-order chi connectivity index (χ0) is 8.15. The van der Waals surface area contributed by atoms with E-state index in [1.807, 2.05) is 6.92 Å². The molecule has 0 radical (unpaired) electrons. The van der Waals surface area contributed by atoms with Gasteiger partial charge in [-0.05, 0) is 6.42 Å². The van der Waals surface area contributed by atoms with Gasteiger partial charge in [-0.2, -0.15) is 0 Å². The molecule has 0 amide bonds. The monoisotopic (exact) mass is 161 g/mol. The molecule has 0 spiro atoms. The van der Waals surface area contributed by atoms with Gasteiger partial charge in [-0.25, -0.2) is 4.79 Å². The number of ether oxygens (including phenoxy) is 1. The Hall–Kier alpha value is -0.640. The fourth-order valence-corrected chi connectivity index (χ4v) is 0.645. The molecule has 0 aliphatic carbocycles. The lowest BCUT2D eigenvalue weighted by Gasteiger charge is -2.00. The summed E-state index contributed by atoms with van der Waals surface area (Å²) in [7, 11) is 1.29. The third-order valence-electron chi connectivity index (χ3n) is 1.06. The Morgan fingerprint density at radius 1 is 1.70 bits per heavy atom. The first-order chi connectivity index (χ1) is 4.63. The Kier molecular flexibility index (Phi) is 3.95. The second kappa shape index (κ2) is 4.22. The number of allylic oxidation sites excluding steroid dienone is 1. The van der Waals surface area contributed by atoms with Gasteiger partial charge in [0.25, 0.3) is 0 Å². The number of hydrogen-bond donors (Lipinski definition) is 2. The molecule has 0 saturated carbocycles. The van der Waals surface area contributed by atoms with Gasteiger partial charge in [0.15, 0.2) is 0 Å². The first-order valence-corrected chi connectivity index (χ1v) is 3.34. The third kappa shape index (κ3) is 2.31. The van der Waals surface area contributed by atoms with Crippen LogP contribution in [0.4, 0.5) is 0 Å². The van der Waals surface area contributed by atoms with E-state index >= 15 is 0 Å². The van der Waals surface area contributed by atoms with E-state index in [0.717, 1.165) is 0 Å². The number of carbonyl (C=O) groups excluding carboxylic acids is 1. The van der Waals surface area contributed by atoms with Crippen LogP contribution in [0.5, 0.6) is 0 Å². The molecule has 0 atom stereocenters. The average molecular weight is 161 g/mol. The minimum atomic E-state index is -0.484. The number of methoxy groups -OCH3 is 1. The summed E-state index contributed by atoms with van der Waals surface area (Å²) >= 11 is 3.86. The van der Waals surface area contributed by atoms with E-state index in [1.54, 1.807) is 0 Å². The maximum absolute atomic E-state index is 10.7. The molecule has 0 bridgehead atoms. The molecule has 0 aromatic rings. The van der Waals surface area contributed by atoms with Crippen LogP contribution in [-0.4, -0.2) is 13.1 Å². The smallest absolute Gasteiger partial charge is 0.345 e. The lowest BCUT2D eigenvalue weighted by molar-refractivity contribution is -0.135. The van der Waals surface area contributed by atoms with Crippen molar-refractivity contribution in [2.24, 2.45) is 5.73 Å². The number of hydrogen-bond acceptors (Lipinski definition) is 4. The highest BCUT2D eigenvalue weighted by molar-refractivity contribution is 7.85. The van der Waals surface area contributed by atoms with Crippen molar-refractivity contribution in [2.75, 3.05) is 7.11 Å².